The molecule has 0 atom stereocenters. The number of aryl methyl sites for hydroxylation is 2. The third-order valence-electron chi connectivity index (χ3n) is 2.35. The van der Waals surface area contributed by atoms with Gasteiger partial charge in [-0.2, -0.15) is 0 Å². The highest BCUT2D eigenvalue weighted by atomic mass is 32.1. The zero-order valence-corrected chi connectivity index (χ0v) is 10.2. The van der Waals surface area contributed by atoms with Gasteiger partial charge in [0.05, 0.1) is 10.6 Å². The van der Waals surface area contributed by atoms with Crippen molar-refractivity contribution in [2.45, 2.75) is 13.8 Å². The Bertz CT molecular complexity index is 638. The summed E-state index contributed by atoms with van der Waals surface area (Å²) in [6, 6.07) is 3.97. The number of thiophene rings is 1. The van der Waals surface area contributed by atoms with Gasteiger partial charge in [0, 0.05) is 6.92 Å². The Balaban J connectivity index is 2.03. The van der Waals surface area contributed by atoms with E-state index in [0.717, 1.165) is 16.4 Å². The smallest absolute Gasteiger partial charge is 0.219 e. The van der Waals surface area contributed by atoms with Crippen LogP contribution >= 0.6 is 11.3 Å². The van der Waals surface area contributed by atoms with Gasteiger partial charge < -0.3 is 4.42 Å². The third kappa shape index (κ3) is 1.76. The summed E-state index contributed by atoms with van der Waals surface area (Å²) in [5.41, 5.74) is 0.805. The lowest BCUT2D eigenvalue weighted by Crippen LogP contribution is -1.81. The van der Waals surface area contributed by atoms with Crippen LogP contribution in [0.5, 0.6) is 0 Å². The van der Waals surface area contributed by atoms with Gasteiger partial charge in [-0.15, -0.1) is 16.4 Å². The minimum absolute atomic E-state index is 0.548. The SMILES string of the molecule is Cc1nc(C)c(-c2n[nH]c(-c3cccs3)n2)o1. The van der Waals surface area contributed by atoms with E-state index in [1.54, 1.807) is 11.3 Å². The summed E-state index contributed by atoms with van der Waals surface area (Å²) in [5.74, 6) is 2.55. The number of H-pyrrole nitrogens is 1. The van der Waals surface area contributed by atoms with Crippen LogP contribution in [0.25, 0.3) is 22.3 Å². The van der Waals surface area contributed by atoms with Crippen LogP contribution < -0.4 is 0 Å². The largest absolute Gasteiger partial charge is 0.437 e. The Morgan fingerprint density at radius 1 is 1.29 bits per heavy atom. The summed E-state index contributed by atoms with van der Waals surface area (Å²) in [5, 5.41) is 9.06. The fourth-order valence-corrected chi connectivity index (χ4v) is 2.29. The van der Waals surface area contributed by atoms with Crippen LogP contribution in [0.1, 0.15) is 11.6 Å². The van der Waals surface area contributed by atoms with Gasteiger partial charge in [0.2, 0.25) is 5.82 Å². The standard InChI is InChI=1S/C11H10N4OS/c1-6-9(16-7(2)12-6)11-13-10(14-15-11)8-4-3-5-17-8/h3-5H,1-2H3,(H,13,14,15). The molecule has 0 saturated carbocycles. The fraction of sp³-hybridized carbons (Fsp3) is 0.182. The molecule has 0 saturated heterocycles. The van der Waals surface area contributed by atoms with Crippen molar-refractivity contribution in [3.05, 3.63) is 29.1 Å². The zero-order chi connectivity index (χ0) is 11.8. The summed E-state index contributed by atoms with van der Waals surface area (Å²) >= 11 is 1.61. The molecule has 0 fully saturated rings. The van der Waals surface area contributed by atoms with Crippen LogP contribution in [0.4, 0.5) is 0 Å². The Hall–Kier alpha value is -1.95. The minimum Gasteiger partial charge on any atom is -0.437 e. The van der Waals surface area contributed by atoms with E-state index >= 15 is 0 Å². The van der Waals surface area contributed by atoms with Gasteiger partial charge in [0.1, 0.15) is 0 Å². The first-order valence-corrected chi connectivity index (χ1v) is 6.02. The van der Waals surface area contributed by atoms with E-state index in [2.05, 4.69) is 20.2 Å². The van der Waals surface area contributed by atoms with Crippen molar-refractivity contribution < 1.29 is 4.42 Å². The molecular formula is C11H10N4OS. The van der Waals surface area contributed by atoms with Crippen LogP contribution in [0, 0.1) is 13.8 Å². The van der Waals surface area contributed by atoms with Crippen LogP contribution in [0.3, 0.4) is 0 Å². The highest BCUT2D eigenvalue weighted by molar-refractivity contribution is 7.13. The first-order valence-electron chi connectivity index (χ1n) is 5.15. The Labute approximate surface area is 102 Å². The Kier molecular flexibility index (Phi) is 2.29. The molecule has 17 heavy (non-hydrogen) atoms. The summed E-state index contributed by atoms with van der Waals surface area (Å²) in [4.78, 5) is 9.66. The number of nitrogens with one attached hydrogen (secondary N) is 1. The molecule has 0 aliphatic carbocycles. The number of rotatable bonds is 2. The van der Waals surface area contributed by atoms with Crippen molar-refractivity contribution in [2.24, 2.45) is 0 Å². The predicted molar refractivity (Wildman–Crippen MR) is 64.7 cm³/mol. The Morgan fingerprint density at radius 2 is 2.18 bits per heavy atom. The van der Waals surface area contributed by atoms with Crippen molar-refractivity contribution >= 4 is 11.3 Å². The maximum Gasteiger partial charge on any atom is 0.219 e. The lowest BCUT2D eigenvalue weighted by atomic mass is 10.3. The molecule has 5 nitrogen and oxygen atoms in total. The average Bonchev–Trinajstić information content (AvgIpc) is 2.97. The monoisotopic (exact) mass is 246 g/mol. The molecule has 3 heterocycles. The molecule has 3 aromatic rings. The van der Waals surface area contributed by atoms with Gasteiger partial charge in [-0.05, 0) is 18.4 Å². The summed E-state index contributed by atoms with van der Waals surface area (Å²) in [6.07, 6.45) is 0. The number of aromatic amines is 1. The zero-order valence-electron chi connectivity index (χ0n) is 9.39. The molecule has 6 heteroatoms. The summed E-state index contributed by atoms with van der Waals surface area (Å²) < 4.78 is 5.48. The van der Waals surface area contributed by atoms with E-state index in [9.17, 15) is 0 Å². The third-order valence-corrected chi connectivity index (χ3v) is 3.22. The maximum absolute atomic E-state index is 5.48. The first kappa shape index (κ1) is 10.2. The topological polar surface area (TPSA) is 67.6 Å². The van der Waals surface area contributed by atoms with Gasteiger partial charge in [-0.3, -0.25) is 5.10 Å². The number of nitrogens with zero attached hydrogens (tertiary/aromatic N) is 3. The number of oxazole rings is 1. The van der Waals surface area contributed by atoms with Gasteiger partial charge in [0.25, 0.3) is 0 Å². The van der Waals surface area contributed by atoms with Gasteiger partial charge in [0.15, 0.2) is 17.5 Å². The van der Waals surface area contributed by atoms with Crippen LogP contribution in [0.2, 0.25) is 0 Å². The van der Waals surface area contributed by atoms with E-state index in [0.29, 0.717) is 17.5 Å². The van der Waals surface area contributed by atoms with Crippen molar-refractivity contribution in [1.82, 2.24) is 20.2 Å². The van der Waals surface area contributed by atoms with Crippen molar-refractivity contribution in [1.29, 1.82) is 0 Å². The van der Waals surface area contributed by atoms with Crippen LogP contribution in [0.15, 0.2) is 21.9 Å². The average molecular weight is 246 g/mol. The maximum atomic E-state index is 5.48. The van der Waals surface area contributed by atoms with E-state index in [4.69, 9.17) is 4.42 Å². The van der Waals surface area contributed by atoms with Gasteiger partial charge >= 0.3 is 0 Å². The summed E-state index contributed by atoms with van der Waals surface area (Å²) in [7, 11) is 0. The molecule has 0 amide bonds. The Morgan fingerprint density at radius 3 is 2.82 bits per heavy atom. The molecule has 3 aromatic heterocycles. The quantitative estimate of drug-likeness (QED) is 0.755. The highest BCUT2D eigenvalue weighted by Gasteiger charge is 2.15. The second-order valence-corrected chi connectivity index (χ2v) is 4.58. The molecule has 1 N–H and O–H groups in total. The van der Waals surface area contributed by atoms with Gasteiger partial charge in [-0.25, -0.2) is 9.97 Å². The molecule has 0 aromatic carbocycles. The molecule has 3 rings (SSSR count). The predicted octanol–water partition coefficient (Wildman–Crippen LogP) is 2.81. The van der Waals surface area contributed by atoms with Gasteiger partial charge in [-0.1, -0.05) is 6.07 Å². The molecule has 0 aliphatic heterocycles. The first-order chi connectivity index (χ1) is 8.24. The molecule has 0 radical (unpaired) electrons. The normalized spacial score (nSPS) is 10.9. The molecule has 0 unspecified atom stereocenters. The second kappa shape index (κ2) is 3.81. The number of hydrogen-bond acceptors (Lipinski definition) is 5. The summed E-state index contributed by atoms with van der Waals surface area (Å²) in [6.45, 7) is 3.69. The lowest BCUT2D eigenvalue weighted by Gasteiger charge is -1.88. The molecule has 0 spiro atoms. The number of hydrogen-bond donors (Lipinski definition) is 1. The van der Waals surface area contributed by atoms with E-state index < -0.39 is 0 Å². The van der Waals surface area contributed by atoms with Crippen molar-refractivity contribution in [2.75, 3.05) is 0 Å². The lowest BCUT2D eigenvalue weighted by molar-refractivity contribution is 0.530. The molecule has 0 bridgehead atoms. The van der Waals surface area contributed by atoms with Crippen LogP contribution in [-0.2, 0) is 0 Å². The molecule has 86 valence electrons. The molecule has 0 aliphatic rings. The number of aromatic nitrogens is 4. The van der Waals surface area contributed by atoms with E-state index in [1.807, 2.05) is 31.4 Å². The van der Waals surface area contributed by atoms with Crippen molar-refractivity contribution in [3.63, 3.8) is 0 Å². The van der Waals surface area contributed by atoms with E-state index in [-0.39, 0.29) is 0 Å². The van der Waals surface area contributed by atoms with Crippen molar-refractivity contribution in [3.8, 4) is 22.3 Å². The second-order valence-electron chi connectivity index (χ2n) is 3.63. The molecular weight excluding hydrogens is 236 g/mol. The highest BCUT2D eigenvalue weighted by Crippen LogP contribution is 2.25. The minimum atomic E-state index is 0.548. The van der Waals surface area contributed by atoms with E-state index in [1.165, 1.54) is 0 Å². The fourth-order valence-electron chi connectivity index (χ4n) is 1.63. The van der Waals surface area contributed by atoms with Crippen LogP contribution in [-0.4, -0.2) is 20.2 Å².